The van der Waals surface area contributed by atoms with Crippen LogP contribution in [0.25, 0.3) is 0 Å². The van der Waals surface area contributed by atoms with Crippen LogP contribution < -0.4 is 5.73 Å². The number of hydrogen-bond donors (Lipinski definition) is 1. The van der Waals surface area contributed by atoms with Gasteiger partial charge in [-0.05, 0) is 37.3 Å². The Labute approximate surface area is 125 Å². The van der Waals surface area contributed by atoms with Crippen LogP contribution in [0.3, 0.4) is 0 Å². The molecule has 1 aromatic heterocycles. The predicted molar refractivity (Wildman–Crippen MR) is 84.0 cm³/mol. The van der Waals surface area contributed by atoms with Gasteiger partial charge in [0.1, 0.15) is 0 Å². The van der Waals surface area contributed by atoms with Gasteiger partial charge in [0.15, 0.2) is 0 Å². The summed E-state index contributed by atoms with van der Waals surface area (Å²) in [6.07, 6.45) is 2.70. The Morgan fingerprint density at radius 3 is 2.50 bits per heavy atom. The molecule has 0 bridgehead atoms. The van der Waals surface area contributed by atoms with Crippen LogP contribution in [0.2, 0.25) is 5.02 Å². The van der Waals surface area contributed by atoms with Gasteiger partial charge in [-0.3, -0.25) is 4.68 Å². The van der Waals surface area contributed by atoms with Gasteiger partial charge >= 0.3 is 0 Å². The van der Waals surface area contributed by atoms with E-state index in [1.807, 2.05) is 17.8 Å². The van der Waals surface area contributed by atoms with Crippen molar-refractivity contribution in [3.05, 3.63) is 52.3 Å². The monoisotopic (exact) mass is 291 g/mol. The highest BCUT2D eigenvalue weighted by Gasteiger charge is 2.17. The number of nitrogens with two attached hydrogens (primary N) is 1. The van der Waals surface area contributed by atoms with Gasteiger partial charge in [0.05, 0.1) is 16.4 Å². The van der Waals surface area contributed by atoms with Gasteiger partial charge in [0.25, 0.3) is 0 Å². The largest absolute Gasteiger partial charge is 0.330 e. The SMILES string of the molecule is CCc1nn(C)c(CC(CN)Cc2ccccc2)c1Cl. The zero-order chi connectivity index (χ0) is 14.5. The number of rotatable bonds is 6. The lowest BCUT2D eigenvalue weighted by Crippen LogP contribution is -2.20. The second-order valence-corrected chi connectivity index (χ2v) is 5.56. The molecule has 20 heavy (non-hydrogen) atoms. The summed E-state index contributed by atoms with van der Waals surface area (Å²) < 4.78 is 1.90. The molecule has 0 aliphatic carbocycles. The summed E-state index contributed by atoms with van der Waals surface area (Å²) in [5.74, 6) is 0.384. The third-order valence-corrected chi connectivity index (χ3v) is 4.12. The minimum atomic E-state index is 0.384. The molecule has 2 N–H and O–H groups in total. The van der Waals surface area contributed by atoms with Crippen molar-refractivity contribution in [1.82, 2.24) is 9.78 Å². The normalized spacial score (nSPS) is 12.6. The van der Waals surface area contributed by atoms with Crippen molar-refractivity contribution in [3.63, 3.8) is 0 Å². The first-order chi connectivity index (χ1) is 9.65. The van der Waals surface area contributed by atoms with Crippen LogP contribution in [-0.2, 0) is 26.3 Å². The van der Waals surface area contributed by atoms with E-state index in [0.29, 0.717) is 12.5 Å². The molecule has 2 rings (SSSR count). The first-order valence-electron chi connectivity index (χ1n) is 7.09. The summed E-state index contributed by atoms with van der Waals surface area (Å²) in [7, 11) is 1.95. The summed E-state index contributed by atoms with van der Waals surface area (Å²) in [6, 6.07) is 10.5. The summed E-state index contributed by atoms with van der Waals surface area (Å²) in [4.78, 5) is 0. The van der Waals surface area contributed by atoms with E-state index < -0.39 is 0 Å². The first kappa shape index (κ1) is 15.1. The molecule has 0 saturated heterocycles. The molecular weight excluding hydrogens is 270 g/mol. The zero-order valence-electron chi connectivity index (χ0n) is 12.1. The molecular formula is C16H22ClN3. The van der Waals surface area contributed by atoms with Crippen molar-refractivity contribution in [2.24, 2.45) is 18.7 Å². The summed E-state index contributed by atoms with van der Waals surface area (Å²) in [5, 5.41) is 5.27. The lowest BCUT2D eigenvalue weighted by Gasteiger charge is -2.15. The van der Waals surface area contributed by atoms with Crippen LogP contribution in [0, 0.1) is 5.92 Å². The molecule has 0 aliphatic heterocycles. The molecule has 4 heteroatoms. The number of aromatic nitrogens is 2. The number of halogens is 1. The first-order valence-corrected chi connectivity index (χ1v) is 7.47. The van der Waals surface area contributed by atoms with Crippen molar-refractivity contribution in [2.45, 2.75) is 26.2 Å². The van der Waals surface area contributed by atoms with Crippen LogP contribution >= 0.6 is 11.6 Å². The molecule has 0 aliphatic rings. The van der Waals surface area contributed by atoms with Crippen LogP contribution in [0.1, 0.15) is 23.9 Å². The van der Waals surface area contributed by atoms with E-state index in [4.69, 9.17) is 17.3 Å². The lowest BCUT2D eigenvalue weighted by atomic mass is 9.94. The molecule has 1 unspecified atom stereocenters. The van der Waals surface area contributed by atoms with Crippen molar-refractivity contribution in [3.8, 4) is 0 Å². The fraction of sp³-hybridized carbons (Fsp3) is 0.438. The summed E-state index contributed by atoms with van der Waals surface area (Å²) >= 11 is 6.41. The van der Waals surface area contributed by atoms with E-state index in [2.05, 4.69) is 36.3 Å². The van der Waals surface area contributed by atoms with Crippen LogP contribution in [0.4, 0.5) is 0 Å². The topological polar surface area (TPSA) is 43.8 Å². The number of benzene rings is 1. The quantitative estimate of drug-likeness (QED) is 0.889. The van der Waals surface area contributed by atoms with Gasteiger partial charge < -0.3 is 5.73 Å². The molecule has 0 saturated carbocycles. The molecule has 1 heterocycles. The van der Waals surface area contributed by atoms with Gasteiger partial charge in [-0.1, -0.05) is 48.9 Å². The van der Waals surface area contributed by atoms with E-state index >= 15 is 0 Å². The van der Waals surface area contributed by atoms with E-state index in [1.165, 1.54) is 5.56 Å². The number of aryl methyl sites for hydroxylation is 2. The van der Waals surface area contributed by atoms with Crippen LogP contribution in [-0.4, -0.2) is 16.3 Å². The van der Waals surface area contributed by atoms with Crippen molar-refractivity contribution in [1.29, 1.82) is 0 Å². The van der Waals surface area contributed by atoms with Gasteiger partial charge in [-0.15, -0.1) is 0 Å². The maximum atomic E-state index is 6.41. The molecule has 1 atom stereocenters. The average Bonchev–Trinajstić information content (AvgIpc) is 2.74. The van der Waals surface area contributed by atoms with E-state index in [-0.39, 0.29) is 0 Å². The Kier molecular flexibility index (Phi) is 5.21. The Hall–Kier alpha value is -1.32. The second-order valence-electron chi connectivity index (χ2n) is 5.18. The lowest BCUT2D eigenvalue weighted by molar-refractivity contribution is 0.511. The molecule has 0 spiro atoms. The standard InChI is InChI=1S/C16H22ClN3/c1-3-14-16(17)15(20(2)19-14)10-13(11-18)9-12-7-5-4-6-8-12/h4-8,13H,3,9-11,18H2,1-2H3. The fourth-order valence-electron chi connectivity index (χ4n) is 2.50. The van der Waals surface area contributed by atoms with E-state index in [1.54, 1.807) is 0 Å². The summed E-state index contributed by atoms with van der Waals surface area (Å²) in [5.41, 5.74) is 9.32. The smallest absolute Gasteiger partial charge is 0.0849 e. The fourth-order valence-corrected chi connectivity index (χ4v) is 2.87. The van der Waals surface area contributed by atoms with Crippen molar-refractivity contribution >= 4 is 11.6 Å². The third-order valence-electron chi connectivity index (χ3n) is 3.69. The molecule has 2 aromatic rings. The van der Waals surface area contributed by atoms with Gasteiger partial charge in [-0.2, -0.15) is 5.10 Å². The van der Waals surface area contributed by atoms with Gasteiger partial charge in [0.2, 0.25) is 0 Å². The Morgan fingerprint density at radius 1 is 1.25 bits per heavy atom. The Bertz CT molecular complexity index is 548. The highest BCUT2D eigenvalue weighted by atomic mass is 35.5. The maximum absolute atomic E-state index is 6.41. The molecule has 0 amide bonds. The van der Waals surface area contributed by atoms with Crippen molar-refractivity contribution in [2.75, 3.05) is 6.54 Å². The number of hydrogen-bond acceptors (Lipinski definition) is 2. The van der Waals surface area contributed by atoms with E-state index in [0.717, 1.165) is 35.7 Å². The van der Waals surface area contributed by atoms with Gasteiger partial charge in [0, 0.05) is 7.05 Å². The summed E-state index contributed by atoms with van der Waals surface area (Å²) in [6.45, 7) is 2.72. The predicted octanol–water partition coefficient (Wildman–Crippen LogP) is 3.00. The molecule has 0 radical (unpaired) electrons. The average molecular weight is 292 g/mol. The van der Waals surface area contributed by atoms with Crippen LogP contribution in [0.15, 0.2) is 30.3 Å². The highest BCUT2D eigenvalue weighted by molar-refractivity contribution is 6.31. The zero-order valence-corrected chi connectivity index (χ0v) is 12.9. The Balaban J connectivity index is 2.12. The van der Waals surface area contributed by atoms with Crippen LogP contribution in [0.5, 0.6) is 0 Å². The third kappa shape index (κ3) is 3.41. The molecule has 108 valence electrons. The minimum Gasteiger partial charge on any atom is -0.330 e. The molecule has 1 aromatic carbocycles. The Morgan fingerprint density at radius 2 is 1.95 bits per heavy atom. The van der Waals surface area contributed by atoms with Crippen molar-refractivity contribution < 1.29 is 0 Å². The number of nitrogens with zero attached hydrogens (tertiary/aromatic N) is 2. The molecule has 0 fully saturated rings. The van der Waals surface area contributed by atoms with Gasteiger partial charge in [-0.25, -0.2) is 0 Å². The second kappa shape index (κ2) is 6.91. The maximum Gasteiger partial charge on any atom is 0.0849 e. The van der Waals surface area contributed by atoms with E-state index in [9.17, 15) is 0 Å². The molecule has 3 nitrogen and oxygen atoms in total. The minimum absolute atomic E-state index is 0.384. The highest BCUT2D eigenvalue weighted by Crippen LogP contribution is 2.24.